The molecule has 2 heterocycles. The molecular formula is C13H24Cl2N4. The van der Waals surface area contributed by atoms with E-state index < -0.39 is 0 Å². The third-order valence-electron chi connectivity index (χ3n) is 3.34. The second-order valence-corrected chi connectivity index (χ2v) is 5.01. The Morgan fingerprint density at radius 3 is 2.58 bits per heavy atom. The minimum Gasteiger partial charge on any atom is -0.361 e. The van der Waals surface area contributed by atoms with Crippen LogP contribution in [0, 0.1) is 5.92 Å². The van der Waals surface area contributed by atoms with Crippen LogP contribution in [0.4, 0.5) is 5.82 Å². The van der Waals surface area contributed by atoms with Crippen molar-refractivity contribution < 1.29 is 0 Å². The molecule has 0 aromatic carbocycles. The molecule has 1 atom stereocenters. The van der Waals surface area contributed by atoms with Crippen LogP contribution in [0.3, 0.4) is 0 Å². The molecule has 0 bridgehead atoms. The van der Waals surface area contributed by atoms with Crippen molar-refractivity contribution in [1.82, 2.24) is 15.3 Å². The predicted octanol–water partition coefficient (Wildman–Crippen LogP) is 2.32. The first-order chi connectivity index (χ1) is 8.25. The van der Waals surface area contributed by atoms with Crippen LogP contribution in [0.1, 0.15) is 25.0 Å². The lowest BCUT2D eigenvalue weighted by molar-refractivity contribution is 0.464. The molecule has 110 valence electrons. The van der Waals surface area contributed by atoms with Crippen molar-refractivity contribution in [2.24, 2.45) is 5.92 Å². The van der Waals surface area contributed by atoms with Gasteiger partial charge in [-0.15, -0.1) is 24.8 Å². The van der Waals surface area contributed by atoms with E-state index in [9.17, 15) is 0 Å². The number of hydrogen-bond donors (Lipinski definition) is 1. The van der Waals surface area contributed by atoms with Gasteiger partial charge >= 0.3 is 0 Å². The zero-order valence-electron chi connectivity index (χ0n) is 11.6. The van der Waals surface area contributed by atoms with Crippen molar-refractivity contribution >= 4 is 30.6 Å². The van der Waals surface area contributed by atoms with Crippen molar-refractivity contribution in [2.75, 3.05) is 32.1 Å². The summed E-state index contributed by atoms with van der Waals surface area (Å²) >= 11 is 0. The van der Waals surface area contributed by atoms with Gasteiger partial charge in [0.2, 0.25) is 0 Å². The van der Waals surface area contributed by atoms with Gasteiger partial charge in [-0.1, -0.05) is 0 Å². The predicted molar refractivity (Wildman–Crippen MR) is 84.8 cm³/mol. The normalized spacial score (nSPS) is 18.7. The lowest BCUT2D eigenvalue weighted by Gasteiger charge is -2.14. The van der Waals surface area contributed by atoms with Crippen molar-refractivity contribution in [3.8, 4) is 0 Å². The third-order valence-corrected chi connectivity index (χ3v) is 3.34. The molecule has 1 saturated heterocycles. The van der Waals surface area contributed by atoms with E-state index in [0.717, 1.165) is 30.4 Å². The molecule has 19 heavy (non-hydrogen) atoms. The zero-order valence-corrected chi connectivity index (χ0v) is 13.3. The van der Waals surface area contributed by atoms with E-state index in [4.69, 9.17) is 0 Å². The lowest BCUT2D eigenvalue weighted by atomic mass is 9.95. The Kier molecular flexibility index (Phi) is 9.06. The van der Waals surface area contributed by atoms with E-state index in [2.05, 4.69) is 15.3 Å². The second kappa shape index (κ2) is 9.34. The maximum absolute atomic E-state index is 4.50. The van der Waals surface area contributed by atoms with Gasteiger partial charge in [0.05, 0.1) is 18.1 Å². The van der Waals surface area contributed by atoms with E-state index in [0.29, 0.717) is 0 Å². The first-order valence-electron chi connectivity index (χ1n) is 6.44. The molecule has 4 nitrogen and oxygen atoms in total. The highest BCUT2D eigenvalue weighted by Crippen LogP contribution is 2.18. The van der Waals surface area contributed by atoms with Gasteiger partial charge in [-0.05, 0) is 44.7 Å². The Morgan fingerprint density at radius 2 is 1.95 bits per heavy atom. The molecular weight excluding hydrogens is 283 g/mol. The minimum atomic E-state index is 0. The number of aromatic nitrogens is 2. The van der Waals surface area contributed by atoms with E-state index in [1.54, 1.807) is 0 Å². The number of nitrogens with one attached hydrogen (secondary N) is 1. The molecule has 0 amide bonds. The van der Waals surface area contributed by atoms with Crippen molar-refractivity contribution in [3.63, 3.8) is 0 Å². The Balaban J connectivity index is 0.00000162. The first-order valence-corrected chi connectivity index (χ1v) is 6.44. The number of hydrogen-bond acceptors (Lipinski definition) is 4. The van der Waals surface area contributed by atoms with E-state index in [1.165, 1.54) is 25.8 Å². The van der Waals surface area contributed by atoms with Crippen LogP contribution in [0.2, 0.25) is 0 Å². The molecule has 1 fully saturated rings. The van der Waals surface area contributed by atoms with E-state index in [-0.39, 0.29) is 24.8 Å². The fourth-order valence-corrected chi connectivity index (χ4v) is 2.28. The van der Waals surface area contributed by atoms with Gasteiger partial charge in [0.15, 0.2) is 0 Å². The maximum atomic E-state index is 4.50. The first kappa shape index (κ1) is 18.4. The monoisotopic (exact) mass is 306 g/mol. The highest BCUT2D eigenvalue weighted by molar-refractivity contribution is 5.85. The number of rotatable bonds is 3. The summed E-state index contributed by atoms with van der Waals surface area (Å²) in [6, 6.07) is 0. The molecule has 1 N–H and O–H groups in total. The minimum absolute atomic E-state index is 0. The molecule has 1 aromatic rings. The van der Waals surface area contributed by atoms with Crippen LogP contribution in [-0.4, -0.2) is 37.2 Å². The Hall–Kier alpha value is -0.580. The van der Waals surface area contributed by atoms with E-state index >= 15 is 0 Å². The standard InChI is InChI=1S/C13H22N4.2ClH/c1-17(2)13-10-15-12(9-16-13)8-11-4-3-6-14-7-5-11;;/h9-11,14H,3-8H2,1-2H3;2*1H. The van der Waals surface area contributed by atoms with Gasteiger partial charge in [-0.25, -0.2) is 4.98 Å². The molecule has 0 spiro atoms. The van der Waals surface area contributed by atoms with Gasteiger partial charge < -0.3 is 10.2 Å². The SMILES string of the molecule is CN(C)c1cnc(CC2CCCNCC2)cn1.Cl.Cl. The van der Waals surface area contributed by atoms with Crippen LogP contribution in [-0.2, 0) is 6.42 Å². The summed E-state index contributed by atoms with van der Waals surface area (Å²) in [5.74, 6) is 1.70. The molecule has 6 heteroatoms. The van der Waals surface area contributed by atoms with Crippen LogP contribution >= 0.6 is 24.8 Å². The van der Waals surface area contributed by atoms with Crippen molar-refractivity contribution in [1.29, 1.82) is 0 Å². The lowest BCUT2D eigenvalue weighted by Crippen LogP contribution is -2.15. The summed E-state index contributed by atoms with van der Waals surface area (Å²) in [5, 5.41) is 3.44. The van der Waals surface area contributed by atoms with Crippen LogP contribution in [0.25, 0.3) is 0 Å². The largest absolute Gasteiger partial charge is 0.361 e. The Bertz CT molecular complexity index is 335. The Labute approximate surface area is 128 Å². The molecule has 2 rings (SSSR count). The van der Waals surface area contributed by atoms with Crippen molar-refractivity contribution in [2.45, 2.75) is 25.7 Å². The summed E-state index contributed by atoms with van der Waals surface area (Å²) in [7, 11) is 3.97. The van der Waals surface area contributed by atoms with Crippen LogP contribution in [0.5, 0.6) is 0 Å². The molecule has 0 saturated carbocycles. The fraction of sp³-hybridized carbons (Fsp3) is 0.692. The quantitative estimate of drug-likeness (QED) is 0.930. The van der Waals surface area contributed by atoms with E-state index in [1.807, 2.05) is 31.4 Å². The Morgan fingerprint density at radius 1 is 1.16 bits per heavy atom. The molecule has 1 aliphatic heterocycles. The third kappa shape index (κ3) is 5.93. The maximum Gasteiger partial charge on any atom is 0.146 e. The molecule has 1 unspecified atom stereocenters. The number of nitrogens with zero attached hydrogens (tertiary/aromatic N) is 3. The smallest absolute Gasteiger partial charge is 0.146 e. The summed E-state index contributed by atoms with van der Waals surface area (Å²) in [5.41, 5.74) is 1.13. The zero-order chi connectivity index (χ0) is 12.1. The van der Waals surface area contributed by atoms with Crippen LogP contribution in [0.15, 0.2) is 12.4 Å². The van der Waals surface area contributed by atoms with Gasteiger partial charge in [-0.3, -0.25) is 4.98 Å². The molecule has 1 aromatic heterocycles. The second-order valence-electron chi connectivity index (χ2n) is 5.01. The molecule has 0 radical (unpaired) electrons. The highest BCUT2D eigenvalue weighted by Gasteiger charge is 2.13. The molecule has 0 aliphatic carbocycles. The molecule has 1 aliphatic rings. The topological polar surface area (TPSA) is 41.1 Å². The van der Waals surface area contributed by atoms with Gasteiger partial charge in [0, 0.05) is 14.1 Å². The average molecular weight is 307 g/mol. The summed E-state index contributed by atoms with van der Waals surface area (Å²) < 4.78 is 0. The van der Waals surface area contributed by atoms with Gasteiger partial charge in [0.25, 0.3) is 0 Å². The fourth-order valence-electron chi connectivity index (χ4n) is 2.28. The summed E-state index contributed by atoms with van der Waals surface area (Å²) in [4.78, 5) is 10.9. The highest BCUT2D eigenvalue weighted by atomic mass is 35.5. The summed E-state index contributed by atoms with van der Waals surface area (Å²) in [6.07, 6.45) is 8.72. The van der Waals surface area contributed by atoms with Crippen LogP contribution < -0.4 is 10.2 Å². The van der Waals surface area contributed by atoms with Gasteiger partial charge in [0.1, 0.15) is 5.82 Å². The van der Waals surface area contributed by atoms with Gasteiger partial charge in [-0.2, -0.15) is 0 Å². The summed E-state index contributed by atoms with van der Waals surface area (Å²) in [6.45, 7) is 2.32. The average Bonchev–Trinajstić information content (AvgIpc) is 2.58. The number of anilines is 1. The number of halogens is 2. The van der Waals surface area contributed by atoms with Crippen molar-refractivity contribution in [3.05, 3.63) is 18.1 Å².